The fraction of sp³-hybridized carbons (Fsp3) is 0. The Morgan fingerprint density at radius 3 is 0.692 bits per heavy atom. The summed E-state index contributed by atoms with van der Waals surface area (Å²) in [5.41, 5.74) is 0. The smallest absolute Gasteiger partial charge is 0.871 e. The Labute approximate surface area is 106 Å². The van der Waals surface area contributed by atoms with E-state index in [2.05, 4.69) is 9.61 Å². The van der Waals surface area contributed by atoms with Gasteiger partial charge in [0.05, 0.1) is 0 Å². The monoisotopic (exact) mass is 315 g/mol. The maximum atomic E-state index is 8.81. The van der Waals surface area contributed by atoms with Gasteiger partial charge in [0.15, 0.2) is 0 Å². The predicted molar refractivity (Wildman–Crippen MR) is 13.7 cm³/mol. The molecule has 0 aliphatic heterocycles. The molecule has 0 heterocycles. The summed E-state index contributed by atoms with van der Waals surface area (Å²) in [5.74, 6) is 0. The van der Waals surface area contributed by atoms with E-state index in [0.717, 1.165) is 0 Å². The molecular weight excluding hydrogens is 314 g/mol. The first-order chi connectivity index (χ1) is 4.54. The summed E-state index contributed by atoms with van der Waals surface area (Å²) in [7, 11) is -5.34. The zero-order valence-corrected chi connectivity index (χ0v) is 9.10. The summed E-state index contributed by atoms with van der Waals surface area (Å²) in [6, 6.07) is 0. The fourth-order valence-electron chi connectivity index (χ4n) is 0. The molecule has 0 aromatic heterocycles. The quantitative estimate of drug-likeness (QED) is 0.276. The van der Waals surface area contributed by atoms with Crippen molar-refractivity contribution in [3.63, 3.8) is 0 Å². The first-order valence-electron chi connectivity index (χ1n) is 1.75. The van der Waals surface area contributed by atoms with Crippen molar-refractivity contribution in [3.05, 3.63) is 0 Å². The van der Waals surface area contributed by atoms with Gasteiger partial charge in [0.25, 0.3) is 0 Å². The second kappa shape index (κ2) is 23.3. The topological polar surface area (TPSA) is 157 Å². The zero-order chi connectivity index (χ0) is 8.57. The Bertz CT molecular complexity index is 53.4. The van der Waals surface area contributed by atoms with E-state index in [9.17, 15) is 0 Å². The molecule has 0 aliphatic rings. The van der Waals surface area contributed by atoms with Gasteiger partial charge in [0, 0.05) is 14.6 Å². The van der Waals surface area contributed by atoms with Gasteiger partial charge in [-0.25, -0.2) is 0 Å². The molecule has 0 amide bonds. The van der Waals surface area contributed by atoms with Gasteiger partial charge in [-0.1, -0.05) is 0 Å². The number of hydrogen-bond donors (Lipinski definition) is 0. The molecule has 3 radical (unpaired) electrons. The van der Waals surface area contributed by atoms with Crippen molar-refractivity contribution in [1.82, 2.24) is 0 Å². The second-order valence-corrected chi connectivity index (χ2v) is 0.770. The van der Waals surface area contributed by atoms with E-state index >= 15 is 0 Å². The largest absolute Gasteiger partial charge is 2.00 e. The van der Waals surface area contributed by atoms with Crippen LogP contribution < -0.4 is 30.6 Å². The summed E-state index contributed by atoms with van der Waals surface area (Å²) in [5, 5.41) is 52.2. The van der Waals surface area contributed by atoms with E-state index in [1.807, 2.05) is 0 Å². The maximum Gasteiger partial charge on any atom is 2.00 e. The molecule has 0 bridgehead atoms. The van der Waals surface area contributed by atoms with Crippen LogP contribution in [0, 0.1) is 0 Å². The SMILES string of the molecule is [Mn+2].[Mn+2].[Mn+2].[O-]OB([O-])[O-].[O-]OB([O-])[O-]. The summed E-state index contributed by atoms with van der Waals surface area (Å²) >= 11 is 0. The molecule has 0 rings (SSSR count). The zero-order valence-electron chi connectivity index (χ0n) is 5.55. The van der Waals surface area contributed by atoms with Crippen LogP contribution in [0.5, 0.6) is 0 Å². The minimum Gasteiger partial charge on any atom is -0.871 e. The number of hydrogen-bond acceptors (Lipinski definition) is 8. The van der Waals surface area contributed by atoms with E-state index < -0.39 is 14.6 Å². The van der Waals surface area contributed by atoms with E-state index in [0.29, 0.717) is 0 Å². The number of rotatable bonds is 2. The normalized spacial score (nSPS) is 6.00. The third-order valence-corrected chi connectivity index (χ3v) is 0.157. The van der Waals surface area contributed by atoms with E-state index in [-0.39, 0.29) is 51.2 Å². The van der Waals surface area contributed by atoms with Gasteiger partial charge < -0.3 is 40.2 Å². The first-order valence-corrected chi connectivity index (χ1v) is 1.75. The Hall–Kier alpha value is 1.37. The fourth-order valence-corrected chi connectivity index (χ4v) is 0. The summed E-state index contributed by atoms with van der Waals surface area (Å²) in [6.45, 7) is 0. The van der Waals surface area contributed by atoms with E-state index in [1.54, 1.807) is 0 Å². The molecule has 0 aliphatic carbocycles. The molecule has 0 atom stereocenters. The molecule has 0 aromatic carbocycles. The van der Waals surface area contributed by atoms with Crippen molar-refractivity contribution in [2.45, 2.75) is 0 Å². The maximum absolute atomic E-state index is 8.81. The third kappa shape index (κ3) is 60.0. The summed E-state index contributed by atoms with van der Waals surface area (Å²) in [4.78, 5) is 4.78. The van der Waals surface area contributed by atoms with E-state index in [4.69, 9.17) is 30.6 Å². The Morgan fingerprint density at radius 1 is 0.615 bits per heavy atom. The molecule has 0 fully saturated rings. The Morgan fingerprint density at radius 2 is 0.692 bits per heavy atom. The molecule has 0 spiro atoms. The van der Waals surface area contributed by atoms with Gasteiger partial charge in [-0.15, -0.1) is 0 Å². The van der Waals surface area contributed by atoms with Crippen molar-refractivity contribution in [2.75, 3.05) is 0 Å². The molecule has 0 saturated heterocycles. The van der Waals surface area contributed by atoms with Gasteiger partial charge in [-0.3, -0.25) is 0 Å². The average Bonchev–Trinajstić information content (AvgIpc) is 1.89. The molecule has 0 N–H and O–H groups in total. The van der Waals surface area contributed by atoms with Gasteiger partial charge in [0.1, 0.15) is 0 Å². The van der Waals surface area contributed by atoms with Gasteiger partial charge in [-0.2, -0.15) is 0 Å². The second-order valence-electron chi connectivity index (χ2n) is 0.770. The van der Waals surface area contributed by atoms with Crippen molar-refractivity contribution in [1.29, 1.82) is 0 Å². The van der Waals surface area contributed by atoms with Crippen LogP contribution in [0.25, 0.3) is 0 Å². The van der Waals surface area contributed by atoms with Crippen molar-refractivity contribution in [3.8, 4) is 0 Å². The van der Waals surface area contributed by atoms with Crippen molar-refractivity contribution in [2.24, 2.45) is 0 Å². The van der Waals surface area contributed by atoms with Crippen molar-refractivity contribution >= 4 is 14.6 Å². The van der Waals surface area contributed by atoms with Crippen LogP contribution in [0.4, 0.5) is 0 Å². The average molecular weight is 314 g/mol. The van der Waals surface area contributed by atoms with Gasteiger partial charge >= 0.3 is 51.2 Å². The summed E-state index contributed by atoms with van der Waals surface area (Å²) in [6.07, 6.45) is 0. The minimum absolute atomic E-state index is 0. The Balaban J connectivity index is -0.0000000267. The third-order valence-electron chi connectivity index (χ3n) is 0.157. The molecule has 13 heavy (non-hydrogen) atoms. The van der Waals surface area contributed by atoms with Crippen LogP contribution in [0.1, 0.15) is 0 Å². The van der Waals surface area contributed by atoms with Crippen LogP contribution in [-0.4, -0.2) is 14.6 Å². The van der Waals surface area contributed by atoms with Gasteiger partial charge in [-0.05, 0) is 0 Å². The van der Waals surface area contributed by atoms with E-state index in [1.165, 1.54) is 0 Å². The standard InChI is InChI=1S/2BHO4.3Mn/c2*2-1(3)5-4;;;/h2*4H;;;/q2*-2;3*+2/p-2. The van der Waals surface area contributed by atoms with Crippen LogP contribution in [0.15, 0.2) is 0 Å². The van der Waals surface area contributed by atoms with Crippen molar-refractivity contribution < 1.29 is 91.4 Å². The molecular formula is B2Mn3O8. The molecule has 0 saturated carbocycles. The molecule has 8 nitrogen and oxygen atoms in total. The van der Waals surface area contributed by atoms with Gasteiger partial charge in [0.2, 0.25) is 0 Å². The first kappa shape index (κ1) is 29.3. The van der Waals surface area contributed by atoms with Crippen LogP contribution >= 0.6 is 0 Å². The Kier molecular flexibility index (Phi) is 52.4. The predicted octanol–water partition coefficient (Wildman–Crippen LogP) is -8.04. The minimum atomic E-state index is -2.67. The molecule has 0 aromatic rings. The molecule has 75 valence electrons. The van der Waals surface area contributed by atoms with Crippen LogP contribution in [0.3, 0.4) is 0 Å². The van der Waals surface area contributed by atoms with Crippen LogP contribution in [0.2, 0.25) is 0 Å². The van der Waals surface area contributed by atoms with Crippen LogP contribution in [-0.2, 0) is 60.8 Å². The molecule has 0 unspecified atom stereocenters. The molecule has 13 heteroatoms. The summed E-state index contributed by atoms with van der Waals surface area (Å²) < 4.78 is 0.